The van der Waals surface area contributed by atoms with Crippen LogP contribution >= 0.6 is 15.9 Å². The Labute approximate surface area is 171 Å². The lowest BCUT2D eigenvalue weighted by Gasteiger charge is -2.35. The summed E-state index contributed by atoms with van der Waals surface area (Å²) in [4.78, 5) is 40.6. The first-order valence-electron chi connectivity index (χ1n) is 8.93. The summed E-state index contributed by atoms with van der Waals surface area (Å²) in [6.45, 7) is 5.01. The molecule has 0 radical (unpaired) electrons. The second kappa shape index (κ2) is 8.55. The van der Waals surface area contributed by atoms with Crippen molar-refractivity contribution in [2.24, 2.45) is 0 Å². The number of aromatic nitrogens is 1. The Morgan fingerprint density at radius 1 is 1.11 bits per heavy atom. The molecule has 3 amide bonds. The van der Waals surface area contributed by atoms with Gasteiger partial charge in [-0.25, -0.2) is 0 Å². The first-order chi connectivity index (χ1) is 13.3. The Balaban J connectivity index is 1.52. The van der Waals surface area contributed by atoms with E-state index < -0.39 is 6.04 Å². The van der Waals surface area contributed by atoms with E-state index in [4.69, 9.17) is 4.52 Å². The normalized spacial score (nSPS) is 15.2. The van der Waals surface area contributed by atoms with Crippen LogP contribution in [-0.2, 0) is 4.79 Å². The Bertz CT molecular complexity index is 872. The maximum absolute atomic E-state index is 12.6. The number of benzene rings is 1. The number of aryl methyl sites for hydroxylation is 1. The maximum atomic E-state index is 12.6. The van der Waals surface area contributed by atoms with Gasteiger partial charge in [0.15, 0.2) is 0 Å². The van der Waals surface area contributed by atoms with Crippen molar-refractivity contribution in [1.82, 2.24) is 20.3 Å². The van der Waals surface area contributed by atoms with Crippen LogP contribution in [0.25, 0.3) is 0 Å². The van der Waals surface area contributed by atoms with Gasteiger partial charge in [0, 0.05) is 42.3 Å². The summed E-state index contributed by atoms with van der Waals surface area (Å²) in [5, 5.41) is 6.45. The fourth-order valence-corrected chi connectivity index (χ4v) is 3.23. The van der Waals surface area contributed by atoms with E-state index in [9.17, 15) is 14.4 Å². The summed E-state index contributed by atoms with van der Waals surface area (Å²) in [6.07, 6.45) is 0. The van der Waals surface area contributed by atoms with Crippen molar-refractivity contribution in [3.05, 3.63) is 51.8 Å². The van der Waals surface area contributed by atoms with Crippen LogP contribution in [0, 0.1) is 6.92 Å². The smallest absolute Gasteiger partial charge is 0.292 e. The van der Waals surface area contributed by atoms with Gasteiger partial charge >= 0.3 is 0 Å². The van der Waals surface area contributed by atoms with Gasteiger partial charge in [0.2, 0.25) is 11.7 Å². The third kappa shape index (κ3) is 4.59. The lowest BCUT2D eigenvalue weighted by molar-refractivity contribution is -0.134. The number of carbonyl (C=O) groups excluding carboxylic acids is 3. The third-order valence-electron chi connectivity index (χ3n) is 4.54. The van der Waals surface area contributed by atoms with E-state index in [1.807, 2.05) is 0 Å². The molecule has 1 atom stereocenters. The highest BCUT2D eigenvalue weighted by Crippen LogP contribution is 2.12. The molecule has 1 aliphatic rings. The molecule has 148 valence electrons. The molecule has 1 saturated heterocycles. The van der Waals surface area contributed by atoms with Gasteiger partial charge in [0.05, 0.1) is 5.69 Å². The second-order valence-electron chi connectivity index (χ2n) is 6.65. The van der Waals surface area contributed by atoms with Crippen molar-refractivity contribution in [1.29, 1.82) is 0 Å². The number of hydrogen-bond acceptors (Lipinski definition) is 5. The number of hydrogen-bond donors (Lipinski definition) is 1. The molecule has 0 saturated carbocycles. The van der Waals surface area contributed by atoms with Crippen LogP contribution in [0.4, 0.5) is 0 Å². The van der Waals surface area contributed by atoms with Crippen molar-refractivity contribution in [2.45, 2.75) is 19.9 Å². The molecule has 1 aromatic carbocycles. The number of nitrogens with one attached hydrogen (secondary N) is 1. The summed E-state index contributed by atoms with van der Waals surface area (Å²) < 4.78 is 5.89. The molecular weight excluding hydrogens is 428 g/mol. The van der Waals surface area contributed by atoms with E-state index >= 15 is 0 Å². The van der Waals surface area contributed by atoms with E-state index in [1.165, 1.54) is 0 Å². The first-order valence-corrected chi connectivity index (χ1v) is 9.72. The molecule has 0 unspecified atom stereocenters. The van der Waals surface area contributed by atoms with Crippen LogP contribution in [0.15, 0.2) is 39.3 Å². The summed E-state index contributed by atoms with van der Waals surface area (Å²) in [6, 6.07) is 7.86. The van der Waals surface area contributed by atoms with Crippen LogP contribution < -0.4 is 5.32 Å². The van der Waals surface area contributed by atoms with Crippen LogP contribution in [0.5, 0.6) is 0 Å². The lowest BCUT2D eigenvalue weighted by Crippen LogP contribution is -2.55. The summed E-state index contributed by atoms with van der Waals surface area (Å²) in [5.41, 5.74) is 1.13. The first kappa shape index (κ1) is 20.1. The number of carbonyl (C=O) groups is 3. The highest BCUT2D eigenvalue weighted by Gasteiger charge is 2.29. The van der Waals surface area contributed by atoms with Crippen LogP contribution in [0.3, 0.4) is 0 Å². The van der Waals surface area contributed by atoms with E-state index in [1.54, 1.807) is 54.0 Å². The molecule has 1 N–H and O–H groups in total. The molecular formula is C19H21BrN4O4. The van der Waals surface area contributed by atoms with Crippen molar-refractivity contribution in [3.8, 4) is 0 Å². The van der Waals surface area contributed by atoms with Crippen molar-refractivity contribution in [2.75, 3.05) is 26.2 Å². The molecule has 2 heterocycles. The summed E-state index contributed by atoms with van der Waals surface area (Å²) in [7, 11) is 0. The number of halogens is 1. The molecule has 9 heteroatoms. The molecule has 0 aliphatic carbocycles. The Morgan fingerprint density at radius 3 is 2.29 bits per heavy atom. The van der Waals surface area contributed by atoms with Crippen molar-refractivity contribution < 1.29 is 18.9 Å². The van der Waals surface area contributed by atoms with Crippen LogP contribution in [0.1, 0.15) is 33.5 Å². The van der Waals surface area contributed by atoms with Gasteiger partial charge < -0.3 is 19.6 Å². The Kier molecular flexibility index (Phi) is 6.13. The largest absolute Gasteiger partial charge is 0.351 e. The summed E-state index contributed by atoms with van der Waals surface area (Å²) >= 11 is 3.32. The Morgan fingerprint density at radius 2 is 1.71 bits per heavy atom. The Hall–Kier alpha value is -2.68. The van der Waals surface area contributed by atoms with Gasteiger partial charge in [0.1, 0.15) is 6.04 Å². The SMILES string of the molecule is Cc1cc(C(=O)N2CCN(C(=O)[C@H](C)NC(=O)c3ccc(Br)cc3)CC2)on1. The summed E-state index contributed by atoms with van der Waals surface area (Å²) in [5.74, 6) is -0.507. The number of amides is 3. The molecule has 1 aromatic heterocycles. The van der Waals surface area contributed by atoms with Gasteiger partial charge in [-0.05, 0) is 38.1 Å². The fourth-order valence-electron chi connectivity index (χ4n) is 2.97. The minimum Gasteiger partial charge on any atom is -0.351 e. The minimum atomic E-state index is -0.657. The van der Waals surface area contributed by atoms with E-state index in [0.29, 0.717) is 37.4 Å². The quantitative estimate of drug-likeness (QED) is 0.769. The maximum Gasteiger partial charge on any atom is 0.292 e. The zero-order valence-electron chi connectivity index (χ0n) is 15.6. The number of piperazine rings is 1. The van der Waals surface area contributed by atoms with Crippen LogP contribution in [-0.4, -0.2) is 64.9 Å². The molecule has 1 aliphatic heterocycles. The fraction of sp³-hybridized carbons (Fsp3) is 0.368. The third-order valence-corrected chi connectivity index (χ3v) is 5.07. The zero-order valence-corrected chi connectivity index (χ0v) is 17.2. The zero-order chi connectivity index (χ0) is 20.3. The highest BCUT2D eigenvalue weighted by molar-refractivity contribution is 9.10. The van der Waals surface area contributed by atoms with E-state index in [2.05, 4.69) is 26.4 Å². The average molecular weight is 449 g/mol. The van der Waals surface area contributed by atoms with Crippen LogP contribution in [0.2, 0.25) is 0 Å². The predicted molar refractivity (Wildman–Crippen MR) is 105 cm³/mol. The molecule has 0 bridgehead atoms. The molecule has 2 aromatic rings. The number of rotatable bonds is 4. The average Bonchev–Trinajstić information content (AvgIpc) is 3.13. The van der Waals surface area contributed by atoms with Gasteiger partial charge in [-0.15, -0.1) is 0 Å². The highest BCUT2D eigenvalue weighted by atomic mass is 79.9. The molecule has 1 fully saturated rings. The monoisotopic (exact) mass is 448 g/mol. The van der Waals surface area contributed by atoms with Gasteiger partial charge in [-0.3, -0.25) is 14.4 Å². The van der Waals surface area contributed by atoms with E-state index in [0.717, 1.165) is 4.47 Å². The van der Waals surface area contributed by atoms with Crippen molar-refractivity contribution >= 4 is 33.7 Å². The predicted octanol–water partition coefficient (Wildman–Crippen LogP) is 1.85. The lowest BCUT2D eigenvalue weighted by atomic mass is 10.2. The van der Waals surface area contributed by atoms with Crippen molar-refractivity contribution in [3.63, 3.8) is 0 Å². The minimum absolute atomic E-state index is 0.173. The molecule has 8 nitrogen and oxygen atoms in total. The topological polar surface area (TPSA) is 95.8 Å². The molecule has 28 heavy (non-hydrogen) atoms. The van der Waals surface area contributed by atoms with Gasteiger partial charge in [-0.1, -0.05) is 21.1 Å². The molecule has 0 spiro atoms. The van der Waals surface area contributed by atoms with Gasteiger partial charge in [-0.2, -0.15) is 0 Å². The standard InChI is InChI=1S/C19H21BrN4O4/c1-12-11-16(28-22-12)19(27)24-9-7-23(8-10-24)18(26)13(2)21-17(25)14-3-5-15(20)6-4-14/h3-6,11,13H,7-10H2,1-2H3,(H,21,25)/t13-/m0/s1. The van der Waals surface area contributed by atoms with E-state index in [-0.39, 0.29) is 23.5 Å². The van der Waals surface area contributed by atoms with Gasteiger partial charge in [0.25, 0.3) is 11.8 Å². The molecule has 3 rings (SSSR count). The number of nitrogens with zero attached hydrogens (tertiary/aromatic N) is 3. The second-order valence-corrected chi connectivity index (χ2v) is 7.57.